The van der Waals surface area contributed by atoms with Crippen LogP contribution < -0.4 is 0 Å². The first-order valence-electron chi connectivity index (χ1n) is 5.09. The van der Waals surface area contributed by atoms with Crippen molar-refractivity contribution in [1.82, 2.24) is 9.78 Å². The van der Waals surface area contributed by atoms with E-state index in [1.54, 1.807) is 18.2 Å². The standard InChI is InChI=1S/C12H10FN3O/c13-10-3-1-9(2-4-10)12-7-11(8-14)15-16(12)5-6-17/h1-4,7,17H,5-6H2. The van der Waals surface area contributed by atoms with Gasteiger partial charge < -0.3 is 5.11 Å². The van der Waals surface area contributed by atoms with Crippen LogP contribution in [0.1, 0.15) is 5.69 Å². The van der Waals surface area contributed by atoms with Gasteiger partial charge in [-0.2, -0.15) is 10.4 Å². The molecule has 0 atom stereocenters. The summed E-state index contributed by atoms with van der Waals surface area (Å²) in [5.74, 6) is -0.317. The minimum atomic E-state index is -0.317. The average molecular weight is 231 g/mol. The van der Waals surface area contributed by atoms with Gasteiger partial charge in [-0.3, -0.25) is 4.68 Å². The Labute approximate surface area is 97.5 Å². The third-order valence-electron chi connectivity index (χ3n) is 2.35. The predicted octanol–water partition coefficient (Wildman–Crippen LogP) is 1.55. The molecular weight excluding hydrogens is 221 g/mol. The van der Waals surface area contributed by atoms with E-state index in [-0.39, 0.29) is 18.1 Å². The van der Waals surface area contributed by atoms with E-state index in [1.807, 2.05) is 6.07 Å². The van der Waals surface area contributed by atoms with Crippen LogP contribution in [0, 0.1) is 17.1 Å². The summed E-state index contributed by atoms with van der Waals surface area (Å²) >= 11 is 0. The maximum Gasteiger partial charge on any atom is 0.163 e. The molecule has 1 heterocycles. The van der Waals surface area contributed by atoms with E-state index < -0.39 is 0 Å². The fourth-order valence-corrected chi connectivity index (χ4v) is 1.59. The quantitative estimate of drug-likeness (QED) is 0.871. The predicted molar refractivity (Wildman–Crippen MR) is 59.4 cm³/mol. The van der Waals surface area contributed by atoms with Gasteiger partial charge in [0.25, 0.3) is 0 Å². The zero-order valence-electron chi connectivity index (χ0n) is 8.97. The number of rotatable bonds is 3. The Morgan fingerprint density at radius 3 is 2.65 bits per heavy atom. The number of nitriles is 1. The topological polar surface area (TPSA) is 61.8 Å². The molecule has 0 radical (unpaired) electrons. The molecule has 0 fully saturated rings. The molecule has 0 saturated carbocycles. The lowest BCUT2D eigenvalue weighted by atomic mass is 10.1. The Morgan fingerprint density at radius 1 is 1.35 bits per heavy atom. The minimum absolute atomic E-state index is 0.0687. The van der Waals surface area contributed by atoms with Crippen molar-refractivity contribution in [2.45, 2.75) is 6.54 Å². The number of hydrogen-bond acceptors (Lipinski definition) is 3. The molecule has 0 aliphatic rings. The van der Waals surface area contributed by atoms with Crippen LogP contribution in [0.15, 0.2) is 30.3 Å². The van der Waals surface area contributed by atoms with Crippen molar-refractivity contribution < 1.29 is 9.50 Å². The van der Waals surface area contributed by atoms with Gasteiger partial charge >= 0.3 is 0 Å². The molecular formula is C12H10FN3O. The number of nitrogens with zero attached hydrogens (tertiary/aromatic N) is 3. The summed E-state index contributed by atoms with van der Waals surface area (Å²) in [5.41, 5.74) is 1.72. The van der Waals surface area contributed by atoms with Crippen molar-refractivity contribution in [1.29, 1.82) is 5.26 Å². The van der Waals surface area contributed by atoms with Gasteiger partial charge in [-0.05, 0) is 24.3 Å². The first-order chi connectivity index (χ1) is 8.24. The first-order valence-corrected chi connectivity index (χ1v) is 5.09. The molecule has 0 bridgehead atoms. The molecule has 17 heavy (non-hydrogen) atoms. The molecule has 1 N–H and O–H groups in total. The van der Waals surface area contributed by atoms with E-state index in [1.165, 1.54) is 16.8 Å². The average Bonchev–Trinajstić information content (AvgIpc) is 2.74. The number of halogens is 1. The van der Waals surface area contributed by atoms with E-state index in [4.69, 9.17) is 10.4 Å². The van der Waals surface area contributed by atoms with Crippen molar-refractivity contribution in [2.24, 2.45) is 0 Å². The first kappa shape index (κ1) is 11.3. The highest BCUT2D eigenvalue weighted by Gasteiger charge is 2.09. The Bertz CT molecular complexity index is 554. The van der Waals surface area contributed by atoms with Crippen LogP contribution in [0.4, 0.5) is 4.39 Å². The summed E-state index contributed by atoms with van der Waals surface area (Å²) in [6.07, 6.45) is 0. The maximum atomic E-state index is 12.8. The van der Waals surface area contributed by atoms with Gasteiger partial charge in [0.15, 0.2) is 5.69 Å². The van der Waals surface area contributed by atoms with E-state index in [0.717, 1.165) is 5.56 Å². The van der Waals surface area contributed by atoms with Gasteiger partial charge in [-0.15, -0.1) is 0 Å². The third kappa shape index (κ3) is 2.32. The maximum absolute atomic E-state index is 12.8. The molecule has 0 aliphatic heterocycles. The molecule has 0 unspecified atom stereocenters. The lowest BCUT2D eigenvalue weighted by Crippen LogP contribution is -2.05. The van der Waals surface area contributed by atoms with Crippen LogP contribution in [0.2, 0.25) is 0 Å². The molecule has 0 aliphatic carbocycles. The molecule has 86 valence electrons. The molecule has 2 aromatic rings. The second-order valence-corrected chi connectivity index (χ2v) is 3.48. The normalized spacial score (nSPS) is 10.2. The van der Waals surface area contributed by atoms with Crippen LogP contribution in [0.3, 0.4) is 0 Å². The van der Waals surface area contributed by atoms with Gasteiger partial charge in [0.05, 0.1) is 18.8 Å². The molecule has 0 amide bonds. The van der Waals surface area contributed by atoms with Crippen LogP contribution in [0.25, 0.3) is 11.3 Å². The third-order valence-corrected chi connectivity index (χ3v) is 2.35. The summed E-state index contributed by atoms with van der Waals surface area (Å²) in [6, 6.07) is 9.47. The molecule has 0 saturated heterocycles. The molecule has 1 aromatic carbocycles. The Hall–Kier alpha value is -2.19. The van der Waals surface area contributed by atoms with Crippen molar-refractivity contribution in [3.05, 3.63) is 41.8 Å². The summed E-state index contributed by atoms with van der Waals surface area (Å²) in [6.45, 7) is 0.231. The van der Waals surface area contributed by atoms with E-state index >= 15 is 0 Å². The second kappa shape index (κ2) is 4.76. The molecule has 5 heteroatoms. The molecule has 4 nitrogen and oxygen atoms in total. The van der Waals surface area contributed by atoms with Crippen molar-refractivity contribution in [3.63, 3.8) is 0 Å². The van der Waals surface area contributed by atoms with Crippen LogP contribution in [-0.2, 0) is 6.54 Å². The smallest absolute Gasteiger partial charge is 0.163 e. The number of benzene rings is 1. The van der Waals surface area contributed by atoms with Crippen LogP contribution in [0.5, 0.6) is 0 Å². The summed E-state index contributed by atoms with van der Waals surface area (Å²) < 4.78 is 14.3. The number of hydrogen-bond donors (Lipinski definition) is 1. The second-order valence-electron chi connectivity index (χ2n) is 3.48. The summed E-state index contributed by atoms with van der Waals surface area (Å²) in [5, 5.41) is 21.7. The fourth-order valence-electron chi connectivity index (χ4n) is 1.59. The number of aliphatic hydroxyl groups excluding tert-OH is 1. The fraction of sp³-hybridized carbons (Fsp3) is 0.167. The van der Waals surface area contributed by atoms with Gasteiger partial charge in [0, 0.05) is 11.6 Å². The van der Waals surface area contributed by atoms with Gasteiger partial charge in [-0.1, -0.05) is 0 Å². The summed E-state index contributed by atoms with van der Waals surface area (Å²) in [4.78, 5) is 0. The monoisotopic (exact) mass is 231 g/mol. The zero-order valence-corrected chi connectivity index (χ0v) is 8.97. The number of aromatic nitrogens is 2. The van der Waals surface area contributed by atoms with Gasteiger partial charge in [0.1, 0.15) is 11.9 Å². The van der Waals surface area contributed by atoms with Crippen LogP contribution in [-0.4, -0.2) is 21.5 Å². The zero-order chi connectivity index (χ0) is 12.3. The Balaban J connectivity index is 2.46. The highest BCUT2D eigenvalue weighted by Crippen LogP contribution is 2.20. The SMILES string of the molecule is N#Cc1cc(-c2ccc(F)cc2)n(CCO)n1. The van der Waals surface area contributed by atoms with Crippen LogP contribution >= 0.6 is 0 Å². The van der Waals surface area contributed by atoms with E-state index in [0.29, 0.717) is 12.2 Å². The number of aliphatic hydroxyl groups is 1. The molecule has 0 spiro atoms. The largest absolute Gasteiger partial charge is 0.394 e. The minimum Gasteiger partial charge on any atom is -0.394 e. The molecule has 1 aromatic heterocycles. The molecule has 2 rings (SSSR count). The van der Waals surface area contributed by atoms with Crippen molar-refractivity contribution in [3.8, 4) is 17.3 Å². The van der Waals surface area contributed by atoms with Gasteiger partial charge in [0.2, 0.25) is 0 Å². The Morgan fingerprint density at radius 2 is 2.06 bits per heavy atom. The summed E-state index contributed by atoms with van der Waals surface area (Å²) in [7, 11) is 0. The van der Waals surface area contributed by atoms with Crippen molar-refractivity contribution in [2.75, 3.05) is 6.61 Å². The van der Waals surface area contributed by atoms with E-state index in [9.17, 15) is 4.39 Å². The highest BCUT2D eigenvalue weighted by atomic mass is 19.1. The van der Waals surface area contributed by atoms with E-state index in [2.05, 4.69) is 5.10 Å². The van der Waals surface area contributed by atoms with Gasteiger partial charge in [-0.25, -0.2) is 4.39 Å². The lowest BCUT2D eigenvalue weighted by Gasteiger charge is -2.05. The lowest BCUT2D eigenvalue weighted by molar-refractivity contribution is 0.270. The highest BCUT2D eigenvalue weighted by molar-refractivity contribution is 5.60. The Kier molecular flexibility index (Phi) is 3.17. The van der Waals surface area contributed by atoms with Crippen molar-refractivity contribution >= 4 is 0 Å².